The number of hydrogen-bond acceptors (Lipinski definition) is 4. The zero-order valence-electron chi connectivity index (χ0n) is 13.7. The highest BCUT2D eigenvalue weighted by molar-refractivity contribution is 6.06. The number of methoxy groups -OCH3 is 1. The smallest absolute Gasteiger partial charge is 0.259 e. The molecular weight excluding hydrogens is 304 g/mol. The van der Waals surface area contributed by atoms with Crippen molar-refractivity contribution < 1.29 is 14.3 Å². The van der Waals surface area contributed by atoms with Crippen LogP contribution in [0.1, 0.15) is 23.2 Å². The molecule has 0 saturated carbocycles. The fourth-order valence-corrected chi connectivity index (χ4v) is 2.76. The Morgan fingerprint density at radius 3 is 2.42 bits per heavy atom. The van der Waals surface area contributed by atoms with Gasteiger partial charge in [0, 0.05) is 30.6 Å². The molecule has 24 heavy (non-hydrogen) atoms. The summed E-state index contributed by atoms with van der Waals surface area (Å²) in [7, 11) is 1.56. The van der Waals surface area contributed by atoms with E-state index in [1.807, 2.05) is 36.4 Å². The third-order valence-corrected chi connectivity index (χ3v) is 4.09. The summed E-state index contributed by atoms with van der Waals surface area (Å²) in [5.74, 6) is 0.380. The van der Waals surface area contributed by atoms with Gasteiger partial charge in [-0.3, -0.25) is 4.79 Å². The molecule has 3 rings (SSSR count). The molecule has 0 bridgehead atoms. The van der Waals surface area contributed by atoms with Gasteiger partial charge in [-0.05, 0) is 49.2 Å². The normalized spacial score (nSPS) is 14.9. The van der Waals surface area contributed by atoms with Gasteiger partial charge in [-0.15, -0.1) is 0 Å². The Bertz CT molecular complexity index is 679. The number of anilines is 2. The number of hydrogen-bond donors (Lipinski definition) is 2. The number of ether oxygens (including phenoxy) is 2. The number of para-hydroxylation sites is 1. The first-order valence-corrected chi connectivity index (χ1v) is 8.15. The Hall–Kier alpha value is -2.53. The molecule has 1 saturated heterocycles. The Labute approximate surface area is 142 Å². The van der Waals surface area contributed by atoms with Gasteiger partial charge in [0.2, 0.25) is 0 Å². The summed E-state index contributed by atoms with van der Waals surface area (Å²) < 4.78 is 10.6. The van der Waals surface area contributed by atoms with Crippen LogP contribution in [0.25, 0.3) is 0 Å². The predicted octanol–water partition coefficient (Wildman–Crippen LogP) is 3.54. The summed E-state index contributed by atoms with van der Waals surface area (Å²) in [4.78, 5) is 12.4. The van der Waals surface area contributed by atoms with Crippen LogP contribution in [0.5, 0.6) is 5.75 Å². The van der Waals surface area contributed by atoms with Gasteiger partial charge in [-0.25, -0.2) is 0 Å². The third kappa shape index (κ3) is 4.06. The van der Waals surface area contributed by atoms with Crippen LogP contribution in [-0.4, -0.2) is 32.3 Å². The molecule has 0 spiro atoms. The minimum Gasteiger partial charge on any atom is -0.496 e. The van der Waals surface area contributed by atoms with Gasteiger partial charge in [0.25, 0.3) is 5.91 Å². The Morgan fingerprint density at radius 2 is 1.71 bits per heavy atom. The van der Waals surface area contributed by atoms with Crippen LogP contribution in [0.4, 0.5) is 11.4 Å². The van der Waals surface area contributed by atoms with Gasteiger partial charge in [-0.1, -0.05) is 12.1 Å². The van der Waals surface area contributed by atoms with Crippen molar-refractivity contribution in [3.05, 3.63) is 54.1 Å². The first kappa shape index (κ1) is 16.3. The predicted molar refractivity (Wildman–Crippen MR) is 94.9 cm³/mol. The zero-order valence-corrected chi connectivity index (χ0v) is 13.7. The van der Waals surface area contributed by atoms with Crippen LogP contribution in [0, 0.1) is 0 Å². The van der Waals surface area contributed by atoms with Gasteiger partial charge < -0.3 is 20.1 Å². The van der Waals surface area contributed by atoms with E-state index in [0.717, 1.165) is 37.4 Å². The standard InChI is InChI=1S/C19H22N2O3/c1-23-18-5-3-2-4-17(18)19(22)21-15-8-6-14(7-9-15)20-16-10-12-24-13-11-16/h2-9,16,20H,10-13H2,1H3,(H,21,22). The van der Waals surface area contributed by atoms with E-state index in [0.29, 0.717) is 17.4 Å². The highest BCUT2D eigenvalue weighted by atomic mass is 16.5. The lowest BCUT2D eigenvalue weighted by molar-refractivity contribution is 0.0904. The molecule has 0 aromatic heterocycles. The lowest BCUT2D eigenvalue weighted by Gasteiger charge is -2.24. The molecule has 2 aromatic carbocycles. The molecule has 1 heterocycles. The van der Waals surface area contributed by atoms with E-state index >= 15 is 0 Å². The quantitative estimate of drug-likeness (QED) is 0.882. The number of benzene rings is 2. The van der Waals surface area contributed by atoms with Crippen molar-refractivity contribution in [2.75, 3.05) is 31.0 Å². The van der Waals surface area contributed by atoms with Crippen molar-refractivity contribution in [3.8, 4) is 5.75 Å². The van der Waals surface area contributed by atoms with E-state index in [2.05, 4.69) is 10.6 Å². The zero-order chi connectivity index (χ0) is 16.8. The van der Waals surface area contributed by atoms with Crippen LogP contribution in [0.15, 0.2) is 48.5 Å². The van der Waals surface area contributed by atoms with Crippen molar-refractivity contribution >= 4 is 17.3 Å². The minimum atomic E-state index is -0.183. The lowest BCUT2D eigenvalue weighted by Crippen LogP contribution is -2.27. The molecule has 5 nitrogen and oxygen atoms in total. The molecule has 1 fully saturated rings. The van der Waals surface area contributed by atoms with Gasteiger partial charge in [0.1, 0.15) is 5.75 Å². The molecule has 0 aliphatic carbocycles. The SMILES string of the molecule is COc1ccccc1C(=O)Nc1ccc(NC2CCOCC2)cc1. The van der Waals surface area contributed by atoms with Crippen LogP contribution < -0.4 is 15.4 Å². The van der Waals surface area contributed by atoms with Gasteiger partial charge in [0.15, 0.2) is 0 Å². The first-order chi connectivity index (χ1) is 11.8. The molecule has 2 aromatic rings. The van der Waals surface area contributed by atoms with Crippen LogP contribution in [0.3, 0.4) is 0 Å². The maximum absolute atomic E-state index is 12.4. The van der Waals surface area contributed by atoms with Crippen molar-refractivity contribution in [2.24, 2.45) is 0 Å². The first-order valence-electron chi connectivity index (χ1n) is 8.15. The fourth-order valence-electron chi connectivity index (χ4n) is 2.76. The molecule has 0 radical (unpaired) electrons. The summed E-state index contributed by atoms with van der Waals surface area (Å²) in [5, 5.41) is 6.40. The van der Waals surface area contributed by atoms with Crippen LogP contribution >= 0.6 is 0 Å². The average Bonchev–Trinajstić information content (AvgIpc) is 2.64. The molecule has 2 N–H and O–H groups in total. The fraction of sp³-hybridized carbons (Fsp3) is 0.316. The Morgan fingerprint density at radius 1 is 1.04 bits per heavy atom. The molecule has 1 aliphatic rings. The van der Waals surface area contributed by atoms with E-state index in [4.69, 9.17) is 9.47 Å². The minimum absolute atomic E-state index is 0.183. The maximum atomic E-state index is 12.4. The Balaban J connectivity index is 1.62. The molecule has 126 valence electrons. The molecule has 0 unspecified atom stereocenters. The second kappa shape index (κ2) is 7.84. The highest BCUT2D eigenvalue weighted by Gasteiger charge is 2.14. The third-order valence-electron chi connectivity index (χ3n) is 4.09. The van der Waals surface area contributed by atoms with Gasteiger partial charge in [0.05, 0.1) is 12.7 Å². The molecular formula is C19H22N2O3. The number of rotatable bonds is 5. The van der Waals surface area contributed by atoms with E-state index in [1.54, 1.807) is 19.2 Å². The van der Waals surface area contributed by atoms with E-state index in [9.17, 15) is 4.79 Å². The lowest BCUT2D eigenvalue weighted by atomic mass is 10.1. The Kier molecular flexibility index (Phi) is 5.33. The summed E-state index contributed by atoms with van der Waals surface area (Å²) >= 11 is 0. The summed E-state index contributed by atoms with van der Waals surface area (Å²) in [6.45, 7) is 1.62. The number of carbonyl (C=O) groups is 1. The molecule has 1 aliphatic heterocycles. The number of carbonyl (C=O) groups excluding carboxylic acids is 1. The summed E-state index contributed by atoms with van der Waals surface area (Å²) in [6, 6.07) is 15.4. The van der Waals surface area contributed by atoms with Gasteiger partial charge in [-0.2, -0.15) is 0 Å². The van der Waals surface area contributed by atoms with Crippen LogP contribution in [-0.2, 0) is 4.74 Å². The summed E-state index contributed by atoms with van der Waals surface area (Å²) in [6.07, 6.45) is 2.04. The van der Waals surface area contributed by atoms with Crippen molar-refractivity contribution in [1.82, 2.24) is 0 Å². The topological polar surface area (TPSA) is 59.6 Å². The van der Waals surface area contributed by atoms with E-state index in [-0.39, 0.29) is 5.91 Å². The van der Waals surface area contributed by atoms with Gasteiger partial charge >= 0.3 is 0 Å². The average molecular weight is 326 g/mol. The second-order valence-electron chi connectivity index (χ2n) is 5.76. The van der Waals surface area contributed by atoms with Crippen LogP contribution in [0.2, 0.25) is 0 Å². The molecule has 0 atom stereocenters. The molecule has 1 amide bonds. The monoisotopic (exact) mass is 326 g/mol. The number of amides is 1. The van der Waals surface area contributed by atoms with Crippen molar-refractivity contribution in [3.63, 3.8) is 0 Å². The number of nitrogens with one attached hydrogen (secondary N) is 2. The highest BCUT2D eigenvalue weighted by Crippen LogP contribution is 2.21. The maximum Gasteiger partial charge on any atom is 0.259 e. The van der Waals surface area contributed by atoms with E-state index in [1.165, 1.54) is 0 Å². The summed E-state index contributed by atoms with van der Waals surface area (Å²) in [5.41, 5.74) is 2.32. The van der Waals surface area contributed by atoms with E-state index < -0.39 is 0 Å². The van der Waals surface area contributed by atoms with Crippen molar-refractivity contribution in [2.45, 2.75) is 18.9 Å². The second-order valence-corrected chi connectivity index (χ2v) is 5.76. The largest absolute Gasteiger partial charge is 0.496 e. The molecule has 5 heteroatoms. The van der Waals surface area contributed by atoms with Crippen molar-refractivity contribution in [1.29, 1.82) is 0 Å².